The van der Waals surface area contributed by atoms with Crippen LogP contribution in [0.4, 0.5) is 4.79 Å². The Balaban J connectivity index is 2.98. The molecule has 0 aromatic rings. The van der Waals surface area contributed by atoms with Crippen molar-refractivity contribution in [3.8, 4) is 0 Å². The fourth-order valence-electron chi connectivity index (χ4n) is 1.97. The minimum Gasteiger partial charge on any atom is -0.480 e. The summed E-state index contributed by atoms with van der Waals surface area (Å²) in [7, 11) is 0. The quantitative estimate of drug-likeness (QED) is 0.514. The molecule has 1 aliphatic heterocycles. The summed E-state index contributed by atoms with van der Waals surface area (Å²) in [6.07, 6.45) is 0.207. The highest BCUT2D eigenvalue weighted by atomic mass is 16.4. The van der Waals surface area contributed by atoms with Crippen LogP contribution in [0.5, 0.6) is 0 Å². The molecule has 3 N–H and O–H groups in total. The van der Waals surface area contributed by atoms with Crippen LogP contribution in [0, 0.1) is 0 Å². The first-order valence-corrected chi connectivity index (χ1v) is 6.09. The van der Waals surface area contributed by atoms with Crippen molar-refractivity contribution < 1.29 is 34.2 Å². The van der Waals surface area contributed by atoms with E-state index in [4.69, 9.17) is 10.2 Å². The number of amides is 4. The number of nitrogens with one attached hydrogen (secondary N) is 1. The lowest BCUT2D eigenvalue weighted by molar-refractivity contribution is -0.140. The number of imide groups is 1. The van der Waals surface area contributed by atoms with Gasteiger partial charge in [-0.3, -0.25) is 24.5 Å². The zero-order valence-corrected chi connectivity index (χ0v) is 11.2. The van der Waals surface area contributed by atoms with Gasteiger partial charge in [-0.25, -0.2) is 4.79 Å². The van der Waals surface area contributed by atoms with Crippen LogP contribution < -0.4 is 5.32 Å². The molecule has 21 heavy (non-hydrogen) atoms. The van der Waals surface area contributed by atoms with Gasteiger partial charge >= 0.3 is 18.0 Å². The normalized spacial score (nSPS) is 18.1. The number of rotatable bonds is 5. The average molecular weight is 301 g/mol. The zero-order valence-electron chi connectivity index (χ0n) is 11.2. The van der Waals surface area contributed by atoms with Crippen molar-refractivity contribution >= 4 is 29.8 Å². The fourth-order valence-corrected chi connectivity index (χ4v) is 1.97. The van der Waals surface area contributed by atoms with Gasteiger partial charge in [-0.2, -0.15) is 0 Å². The van der Waals surface area contributed by atoms with E-state index in [1.807, 2.05) is 0 Å². The Morgan fingerprint density at radius 3 is 2.19 bits per heavy atom. The highest BCUT2D eigenvalue weighted by Gasteiger charge is 2.38. The third-order valence-corrected chi connectivity index (χ3v) is 2.81. The van der Waals surface area contributed by atoms with Crippen molar-refractivity contribution in [1.29, 1.82) is 0 Å². The number of carbonyl (C=O) groups excluding carboxylic acids is 3. The zero-order chi connectivity index (χ0) is 16.2. The lowest BCUT2D eigenvalue weighted by Crippen LogP contribution is -2.62. The lowest BCUT2D eigenvalue weighted by Gasteiger charge is -2.36. The standard InChI is InChI=1S/C11H15N3O7/c1-2-6-10(20)12-7(15)3-14(6)11(21)13(4-8(16)17)5-9(18)19/h6H,2-5H2,1H3,(H,16,17)(H,18,19)(H,12,15,20). The molecule has 1 atom stereocenters. The third kappa shape index (κ3) is 4.16. The molecule has 1 heterocycles. The monoisotopic (exact) mass is 301 g/mol. The van der Waals surface area contributed by atoms with Crippen molar-refractivity contribution in [1.82, 2.24) is 15.1 Å². The van der Waals surface area contributed by atoms with E-state index >= 15 is 0 Å². The Bertz CT molecular complexity index is 474. The fraction of sp³-hybridized carbons (Fsp3) is 0.545. The molecule has 4 amide bonds. The smallest absolute Gasteiger partial charge is 0.323 e. The maximum atomic E-state index is 12.2. The molecule has 116 valence electrons. The Kier molecular flexibility index (Phi) is 5.22. The molecule has 10 nitrogen and oxygen atoms in total. The minimum absolute atomic E-state index is 0.207. The maximum Gasteiger partial charge on any atom is 0.323 e. The Labute approximate surface area is 119 Å². The van der Waals surface area contributed by atoms with Crippen LogP contribution in [-0.4, -0.2) is 75.5 Å². The SMILES string of the molecule is CCC1C(=O)NC(=O)CN1C(=O)N(CC(=O)O)CC(=O)O. The molecule has 1 aliphatic rings. The highest BCUT2D eigenvalue weighted by Crippen LogP contribution is 2.12. The number of hydrogen-bond donors (Lipinski definition) is 3. The van der Waals surface area contributed by atoms with Crippen LogP contribution >= 0.6 is 0 Å². The Morgan fingerprint density at radius 2 is 1.76 bits per heavy atom. The second kappa shape index (κ2) is 6.68. The van der Waals surface area contributed by atoms with Crippen LogP contribution in [0.1, 0.15) is 13.3 Å². The molecule has 1 rings (SSSR count). The summed E-state index contributed by atoms with van der Waals surface area (Å²) in [4.78, 5) is 58.1. The number of aliphatic carboxylic acids is 2. The largest absolute Gasteiger partial charge is 0.480 e. The first-order valence-electron chi connectivity index (χ1n) is 6.09. The molecule has 0 saturated carbocycles. The van der Waals surface area contributed by atoms with Crippen LogP contribution in [0.25, 0.3) is 0 Å². The van der Waals surface area contributed by atoms with E-state index < -0.39 is 55.5 Å². The maximum absolute atomic E-state index is 12.2. The van der Waals surface area contributed by atoms with Crippen molar-refractivity contribution in [2.24, 2.45) is 0 Å². The second-order valence-corrected chi connectivity index (χ2v) is 4.39. The number of urea groups is 1. The van der Waals surface area contributed by atoms with Crippen molar-refractivity contribution in [2.75, 3.05) is 19.6 Å². The van der Waals surface area contributed by atoms with Crippen molar-refractivity contribution in [2.45, 2.75) is 19.4 Å². The summed E-state index contributed by atoms with van der Waals surface area (Å²) in [5.41, 5.74) is 0. The summed E-state index contributed by atoms with van der Waals surface area (Å²) in [6, 6.07) is -1.92. The van der Waals surface area contributed by atoms with Crippen LogP contribution in [0.2, 0.25) is 0 Å². The van der Waals surface area contributed by atoms with Gasteiger partial charge in [-0.1, -0.05) is 6.92 Å². The molecule has 1 fully saturated rings. The molecule has 0 aromatic carbocycles. The van der Waals surface area contributed by atoms with Gasteiger partial charge in [0, 0.05) is 0 Å². The first kappa shape index (κ1) is 16.4. The average Bonchev–Trinajstić information content (AvgIpc) is 2.35. The van der Waals surface area contributed by atoms with Gasteiger partial charge in [-0.15, -0.1) is 0 Å². The van der Waals surface area contributed by atoms with Gasteiger partial charge in [0.15, 0.2) is 0 Å². The predicted molar refractivity (Wildman–Crippen MR) is 66.2 cm³/mol. The van der Waals surface area contributed by atoms with Crippen LogP contribution in [0.3, 0.4) is 0 Å². The number of carboxylic acids is 2. The molecule has 1 saturated heterocycles. The van der Waals surface area contributed by atoms with E-state index in [-0.39, 0.29) is 6.42 Å². The lowest BCUT2D eigenvalue weighted by atomic mass is 10.1. The molecule has 1 unspecified atom stereocenters. The number of hydrogen-bond acceptors (Lipinski definition) is 5. The molecule has 0 spiro atoms. The molecule has 0 aliphatic carbocycles. The van der Waals surface area contributed by atoms with Crippen LogP contribution in [0.15, 0.2) is 0 Å². The topological polar surface area (TPSA) is 144 Å². The molecule has 10 heteroatoms. The van der Waals surface area contributed by atoms with Gasteiger partial charge in [0.25, 0.3) is 0 Å². The van der Waals surface area contributed by atoms with E-state index in [1.165, 1.54) is 0 Å². The molecule has 0 aromatic heterocycles. The number of carbonyl (C=O) groups is 5. The minimum atomic E-state index is -1.40. The van der Waals surface area contributed by atoms with E-state index in [2.05, 4.69) is 5.32 Å². The molecular weight excluding hydrogens is 286 g/mol. The van der Waals surface area contributed by atoms with Gasteiger partial charge in [0.1, 0.15) is 25.7 Å². The molecular formula is C11H15N3O7. The van der Waals surface area contributed by atoms with E-state index in [1.54, 1.807) is 6.92 Å². The van der Waals surface area contributed by atoms with Crippen molar-refractivity contribution in [3.63, 3.8) is 0 Å². The summed E-state index contributed by atoms with van der Waals surface area (Å²) in [6.45, 7) is -0.500. The highest BCUT2D eigenvalue weighted by molar-refractivity contribution is 6.04. The first-order chi connectivity index (χ1) is 9.76. The van der Waals surface area contributed by atoms with Gasteiger partial charge in [0.05, 0.1) is 0 Å². The second-order valence-electron chi connectivity index (χ2n) is 4.39. The summed E-state index contributed by atoms with van der Waals surface area (Å²) in [5.74, 6) is -4.17. The summed E-state index contributed by atoms with van der Waals surface area (Å²) in [5, 5.41) is 19.5. The number of carboxylic acid groups (broad SMARTS) is 2. The third-order valence-electron chi connectivity index (χ3n) is 2.81. The van der Waals surface area contributed by atoms with Crippen LogP contribution in [-0.2, 0) is 19.2 Å². The van der Waals surface area contributed by atoms with Gasteiger partial charge in [-0.05, 0) is 6.42 Å². The van der Waals surface area contributed by atoms with E-state index in [0.29, 0.717) is 4.90 Å². The van der Waals surface area contributed by atoms with Crippen molar-refractivity contribution in [3.05, 3.63) is 0 Å². The molecule has 0 bridgehead atoms. The summed E-state index contributed by atoms with van der Waals surface area (Å²) >= 11 is 0. The Hall–Kier alpha value is -2.65. The number of nitrogens with zero attached hydrogens (tertiary/aromatic N) is 2. The molecule has 0 radical (unpaired) electrons. The van der Waals surface area contributed by atoms with Gasteiger partial charge in [0.2, 0.25) is 11.8 Å². The summed E-state index contributed by atoms with van der Waals surface area (Å²) < 4.78 is 0. The van der Waals surface area contributed by atoms with Gasteiger partial charge < -0.3 is 20.0 Å². The Morgan fingerprint density at radius 1 is 1.24 bits per heavy atom. The number of piperazine rings is 1. The van der Waals surface area contributed by atoms with E-state index in [9.17, 15) is 24.0 Å². The van der Waals surface area contributed by atoms with E-state index in [0.717, 1.165) is 4.90 Å². The predicted octanol–water partition coefficient (Wildman–Crippen LogP) is -1.69.